The maximum atomic E-state index is 13.4. The number of hydrogen-bond acceptors (Lipinski definition) is 12. The summed E-state index contributed by atoms with van der Waals surface area (Å²) in [7, 11) is -1.55. The van der Waals surface area contributed by atoms with E-state index >= 15 is 0 Å². The van der Waals surface area contributed by atoms with Crippen LogP contribution < -0.4 is 15.0 Å². The predicted molar refractivity (Wildman–Crippen MR) is 193 cm³/mol. The molecule has 1 aromatic carbocycles. The number of likely N-dealkylation sites (N-methyl/N-ethyl adjacent to an activating group) is 1. The fourth-order valence-electron chi connectivity index (χ4n) is 6.77. The number of carbonyl (C=O) groups excluding carboxylic acids is 3. The van der Waals surface area contributed by atoms with Gasteiger partial charge in [-0.2, -0.15) is 4.98 Å². The fraction of sp³-hybridized carbons (Fsp3) is 0.583. The van der Waals surface area contributed by atoms with E-state index in [9.17, 15) is 22.8 Å². The molecular formula is C36H50N6O8S. The number of carbonyl (C=O) groups is 3. The van der Waals surface area contributed by atoms with Gasteiger partial charge < -0.3 is 29.3 Å². The number of anilines is 3. The first kappa shape index (κ1) is 37.8. The third-order valence-corrected chi connectivity index (χ3v) is 10.8. The lowest BCUT2D eigenvalue weighted by Crippen LogP contribution is -2.47. The second-order valence-electron chi connectivity index (χ2n) is 13.7. The van der Waals surface area contributed by atoms with E-state index in [2.05, 4.69) is 21.8 Å². The number of ether oxygens (including phenoxy) is 3. The number of nitrogens with one attached hydrogen (secondary N) is 1. The molecule has 51 heavy (non-hydrogen) atoms. The van der Waals surface area contributed by atoms with E-state index in [1.165, 1.54) is 18.2 Å². The van der Waals surface area contributed by atoms with Gasteiger partial charge in [0, 0.05) is 75.2 Å². The number of rotatable bonds is 13. The Morgan fingerprint density at radius 1 is 1.08 bits per heavy atom. The molecule has 2 fully saturated rings. The average molecular weight is 727 g/mol. The molecule has 3 aliphatic rings. The van der Waals surface area contributed by atoms with E-state index in [0.717, 1.165) is 61.5 Å². The molecule has 0 spiro atoms. The highest BCUT2D eigenvalue weighted by Crippen LogP contribution is 2.39. The molecule has 1 saturated heterocycles. The van der Waals surface area contributed by atoms with Crippen molar-refractivity contribution in [2.45, 2.75) is 83.4 Å². The number of amides is 2. The molecule has 1 saturated carbocycles. The van der Waals surface area contributed by atoms with Crippen LogP contribution in [-0.4, -0.2) is 110 Å². The number of likely N-dealkylation sites (tertiary alicyclic amines) is 1. The topological polar surface area (TPSA) is 161 Å². The third kappa shape index (κ3) is 10.1. The van der Waals surface area contributed by atoms with Crippen LogP contribution in [0.5, 0.6) is 5.75 Å². The Hall–Kier alpha value is -4.40. The molecule has 2 amide bonds. The normalized spacial score (nSPS) is 19.8. The van der Waals surface area contributed by atoms with Gasteiger partial charge in [-0.3, -0.25) is 9.69 Å². The van der Waals surface area contributed by atoms with Crippen LogP contribution >= 0.6 is 0 Å². The van der Waals surface area contributed by atoms with Crippen molar-refractivity contribution in [1.29, 1.82) is 0 Å². The van der Waals surface area contributed by atoms with E-state index in [1.54, 1.807) is 20.0 Å². The van der Waals surface area contributed by atoms with Crippen LogP contribution in [0.1, 0.15) is 64.4 Å². The second kappa shape index (κ2) is 16.7. The van der Waals surface area contributed by atoms with Gasteiger partial charge in [0.05, 0.1) is 18.1 Å². The van der Waals surface area contributed by atoms with Crippen LogP contribution in [0, 0.1) is 5.92 Å². The largest absolute Gasteiger partial charge is 0.493 e. The molecule has 1 aliphatic carbocycles. The molecule has 0 unspecified atom stereocenters. The molecule has 1 atom stereocenters. The van der Waals surface area contributed by atoms with Crippen LogP contribution in [0.25, 0.3) is 0 Å². The van der Waals surface area contributed by atoms with Gasteiger partial charge in [0.25, 0.3) is 0 Å². The van der Waals surface area contributed by atoms with Crippen LogP contribution in [0.2, 0.25) is 0 Å². The maximum absolute atomic E-state index is 13.4. The Labute approximate surface area is 300 Å². The van der Waals surface area contributed by atoms with Gasteiger partial charge >= 0.3 is 12.1 Å². The second-order valence-corrected chi connectivity index (χ2v) is 16.0. The van der Waals surface area contributed by atoms with Crippen molar-refractivity contribution >= 4 is 45.3 Å². The Balaban J connectivity index is 1.06. The van der Waals surface area contributed by atoms with Crippen molar-refractivity contribution in [1.82, 2.24) is 19.8 Å². The summed E-state index contributed by atoms with van der Waals surface area (Å²) in [5.74, 6) is 2.03. The summed E-state index contributed by atoms with van der Waals surface area (Å²) in [6.45, 7) is 8.81. The zero-order chi connectivity index (χ0) is 36.7. The van der Waals surface area contributed by atoms with Gasteiger partial charge in [-0.05, 0) is 70.6 Å². The lowest BCUT2D eigenvalue weighted by Gasteiger charge is -2.36. The number of esters is 1. The minimum atomic E-state index is -3.02. The van der Waals surface area contributed by atoms with Crippen LogP contribution in [0.4, 0.5) is 22.2 Å². The van der Waals surface area contributed by atoms with Crippen molar-refractivity contribution in [3.8, 4) is 5.75 Å². The molecule has 14 nitrogen and oxygen atoms in total. The molecule has 0 radical (unpaired) electrons. The van der Waals surface area contributed by atoms with Crippen molar-refractivity contribution in [3.63, 3.8) is 0 Å². The third-order valence-electron chi connectivity index (χ3n) is 9.74. The SMILES string of the molecule is C=C(C)OC(=O)N(C)[C@@H](C)C(=O)OC1CCN(C(=O)C2CCC(Nc3nccc(N4CCc5c(OCCCS(C)(=O)=O)cccc54)n3)CC2)CC1. The monoisotopic (exact) mass is 726 g/mol. The molecule has 278 valence electrons. The summed E-state index contributed by atoms with van der Waals surface area (Å²) in [5, 5.41) is 3.49. The van der Waals surface area contributed by atoms with E-state index in [0.29, 0.717) is 44.9 Å². The van der Waals surface area contributed by atoms with E-state index < -0.39 is 27.9 Å². The Bertz CT molecular complexity index is 1690. The molecule has 2 aromatic rings. The number of benzene rings is 1. The number of aromatic nitrogens is 2. The minimum Gasteiger partial charge on any atom is -0.493 e. The summed E-state index contributed by atoms with van der Waals surface area (Å²) in [4.78, 5) is 52.7. The zero-order valence-corrected chi connectivity index (χ0v) is 30.8. The molecular weight excluding hydrogens is 676 g/mol. The van der Waals surface area contributed by atoms with E-state index in [-0.39, 0.29) is 35.5 Å². The molecule has 1 N–H and O–H groups in total. The number of fused-ring (bicyclic) bond motifs is 1. The zero-order valence-electron chi connectivity index (χ0n) is 30.0. The van der Waals surface area contributed by atoms with Crippen LogP contribution in [0.15, 0.2) is 42.8 Å². The summed E-state index contributed by atoms with van der Waals surface area (Å²) in [6.07, 6.45) is 7.51. The molecule has 3 heterocycles. The van der Waals surface area contributed by atoms with Crippen LogP contribution in [0.3, 0.4) is 0 Å². The summed E-state index contributed by atoms with van der Waals surface area (Å²) in [5.41, 5.74) is 2.10. The van der Waals surface area contributed by atoms with E-state index in [4.69, 9.17) is 19.2 Å². The van der Waals surface area contributed by atoms with Gasteiger partial charge in [0.1, 0.15) is 33.6 Å². The van der Waals surface area contributed by atoms with Gasteiger partial charge in [-0.15, -0.1) is 0 Å². The lowest BCUT2D eigenvalue weighted by molar-refractivity contribution is -0.157. The number of hydrogen-bond donors (Lipinski definition) is 1. The molecule has 15 heteroatoms. The van der Waals surface area contributed by atoms with Gasteiger partial charge in [-0.1, -0.05) is 12.6 Å². The lowest BCUT2D eigenvalue weighted by atomic mass is 9.85. The summed E-state index contributed by atoms with van der Waals surface area (Å²) < 4.78 is 39.5. The van der Waals surface area contributed by atoms with Crippen molar-refractivity contribution < 1.29 is 37.0 Å². The summed E-state index contributed by atoms with van der Waals surface area (Å²) in [6, 6.07) is 7.13. The quantitative estimate of drug-likeness (QED) is 0.175. The van der Waals surface area contributed by atoms with Gasteiger partial charge in [0.2, 0.25) is 11.9 Å². The highest BCUT2D eigenvalue weighted by atomic mass is 32.2. The summed E-state index contributed by atoms with van der Waals surface area (Å²) >= 11 is 0. The first-order valence-corrected chi connectivity index (χ1v) is 19.7. The Morgan fingerprint density at radius 2 is 1.80 bits per heavy atom. The molecule has 2 aliphatic heterocycles. The Morgan fingerprint density at radius 3 is 2.49 bits per heavy atom. The average Bonchev–Trinajstić information content (AvgIpc) is 3.54. The minimum absolute atomic E-state index is 0.0497. The first-order chi connectivity index (χ1) is 24.3. The molecule has 5 rings (SSSR count). The number of sulfone groups is 1. The number of piperidine rings is 1. The maximum Gasteiger partial charge on any atom is 0.415 e. The highest BCUT2D eigenvalue weighted by molar-refractivity contribution is 7.90. The van der Waals surface area contributed by atoms with Gasteiger partial charge in [-0.25, -0.2) is 23.0 Å². The smallest absolute Gasteiger partial charge is 0.415 e. The number of nitrogens with zero attached hydrogens (tertiary/aromatic N) is 5. The number of allylic oxidation sites excluding steroid dienone is 1. The fourth-order valence-corrected chi connectivity index (χ4v) is 7.41. The van der Waals surface area contributed by atoms with Crippen molar-refractivity contribution in [2.24, 2.45) is 5.92 Å². The predicted octanol–water partition coefficient (Wildman–Crippen LogP) is 4.48. The standard InChI is InChI=1S/C36H50N6O8S/c1-24(2)49-36(45)40(4)25(3)34(44)50-28-15-19-41(20-16-28)33(43)26-10-12-27(13-11-26)38-35-37-18-14-32(39-35)42-21-17-29-30(42)8-6-9-31(29)48-22-7-23-51(5,46)47/h6,8-9,14,18,25-28H,1,7,10-13,15-17,19-23H2,2-5H3,(H,37,38,39)/t25-,26?,27?/m0/s1. The van der Waals surface area contributed by atoms with Crippen molar-refractivity contribution in [2.75, 3.05) is 55.5 Å². The Kier molecular flexibility index (Phi) is 12.4. The van der Waals surface area contributed by atoms with Crippen LogP contribution in [-0.2, 0) is 35.3 Å². The first-order valence-electron chi connectivity index (χ1n) is 17.7. The van der Waals surface area contributed by atoms with Gasteiger partial charge in [0.15, 0.2) is 0 Å². The molecule has 0 bridgehead atoms. The van der Waals surface area contributed by atoms with Crippen molar-refractivity contribution in [3.05, 3.63) is 48.4 Å². The van der Waals surface area contributed by atoms with E-state index in [1.807, 2.05) is 29.2 Å². The highest BCUT2D eigenvalue weighted by Gasteiger charge is 2.34. The molecule has 1 aromatic heterocycles.